The van der Waals surface area contributed by atoms with E-state index in [0.717, 1.165) is 17.9 Å². The Morgan fingerprint density at radius 1 is 1.14 bits per heavy atom. The van der Waals surface area contributed by atoms with Gasteiger partial charge in [0.1, 0.15) is 13.2 Å². The van der Waals surface area contributed by atoms with Crippen molar-refractivity contribution in [3.8, 4) is 11.5 Å². The van der Waals surface area contributed by atoms with Crippen LogP contribution < -0.4 is 14.8 Å². The molecule has 0 aliphatic carbocycles. The van der Waals surface area contributed by atoms with Crippen molar-refractivity contribution >= 4 is 11.3 Å². The number of thiophene rings is 1. The van der Waals surface area contributed by atoms with Gasteiger partial charge in [0.25, 0.3) is 0 Å². The number of fused-ring (bicyclic) bond motifs is 1. The van der Waals surface area contributed by atoms with E-state index in [1.165, 1.54) is 11.1 Å². The fourth-order valence-corrected chi connectivity index (χ4v) is 3.36. The fourth-order valence-electron chi connectivity index (χ4n) is 2.67. The Morgan fingerprint density at radius 2 is 1.95 bits per heavy atom. The van der Waals surface area contributed by atoms with Gasteiger partial charge < -0.3 is 14.8 Å². The summed E-state index contributed by atoms with van der Waals surface area (Å²) in [5.74, 6) is 1.71. The molecule has 112 valence electrons. The van der Waals surface area contributed by atoms with Crippen molar-refractivity contribution in [2.75, 3.05) is 13.2 Å². The summed E-state index contributed by atoms with van der Waals surface area (Å²) >= 11 is 1.75. The third-order valence-corrected chi connectivity index (χ3v) is 4.45. The maximum atomic E-state index is 5.65. The molecule has 0 spiro atoms. The molecule has 0 saturated carbocycles. The monoisotopic (exact) mass is 303 g/mol. The van der Waals surface area contributed by atoms with Gasteiger partial charge in [-0.1, -0.05) is 6.07 Å². The van der Waals surface area contributed by atoms with Crippen molar-refractivity contribution in [3.63, 3.8) is 0 Å². The van der Waals surface area contributed by atoms with Gasteiger partial charge in [-0.3, -0.25) is 0 Å². The molecule has 0 radical (unpaired) electrons. The molecule has 3 nitrogen and oxygen atoms in total. The summed E-state index contributed by atoms with van der Waals surface area (Å²) in [7, 11) is 0. The Morgan fingerprint density at radius 3 is 2.71 bits per heavy atom. The highest BCUT2D eigenvalue weighted by atomic mass is 32.1. The number of nitrogens with one attached hydrogen (secondary N) is 1. The molecular weight excluding hydrogens is 282 g/mol. The molecule has 4 heteroatoms. The van der Waals surface area contributed by atoms with Gasteiger partial charge >= 0.3 is 0 Å². The quantitative estimate of drug-likeness (QED) is 0.911. The van der Waals surface area contributed by atoms with Gasteiger partial charge in [-0.2, -0.15) is 11.3 Å². The topological polar surface area (TPSA) is 30.5 Å². The zero-order valence-corrected chi connectivity index (χ0v) is 13.3. The van der Waals surface area contributed by atoms with Crippen LogP contribution in [-0.4, -0.2) is 19.3 Å². The summed E-state index contributed by atoms with van der Waals surface area (Å²) in [6.45, 7) is 5.69. The number of rotatable bonds is 5. The maximum absolute atomic E-state index is 5.65. The molecule has 3 rings (SSSR count). The van der Waals surface area contributed by atoms with Crippen molar-refractivity contribution < 1.29 is 9.47 Å². The van der Waals surface area contributed by atoms with Crippen LogP contribution in [-0.2, 0) is 6.42 Å². The van der Waals surface area contributed by atoms with E-state index in [1.54, 1.807) is 11.3 Å². The normalized spacial score (nSPS) is 16.5. The van der Waals surface area contributed by atoms with Crippen LogP contribution in [0.5, 0.6) is 11.5 Å². The minimum Gasteiger partial charge on any atom is -0.486 e. The lowest BCUT2D eigenvalue weighted by atomic mass is 10.0. The zero-order valence-electron chi connectivity index (χ0n) is 12.5. The van der Waals surface area contributed by atoms with E-state index >= 15 is 0 Å². The van der Waals surface area contributed by atoms with E-state index in [0.29, 0.717) is 19.3 Å². The van der Waals surface area contributed by atoms with Gasteiger partial charge in [0.15, 0.2) is 11.5 Å². The van der Waals surface area contributed by atoms with Crippen molar-refractivity contribution in [1.29, 1.82) is 0 Å². The van der Waals surface area contributed by atoms with Gasteiger partial charge in [0.05, 0.1) is 0 Å². The molecule has 0 fully saturated rings. The van der Waals surface area contributed by atoms with Crippen LogP contribution in [0.4, 0.5) is 0 Å². The van der Waals surface area contributed by atoms with Crippen LogP contribution in [0.3, 0.4) is 0 Å². The lowest BCUT2D eigenvalue weighted by Crippen LogP contribution is -2.30. The number of ether oxygens (including phenoxy) is 2. The van der Waals surface area contributed by atoms with Gasteiger partial charge in [0, 0.05) is 12.1 Å². The Labute approximate surface area is 129 Å². The molecule has 1 aromatic heterocycles. The number of hydrogen-bond acceptors (Lipinski definition) is 4. The van der Waals surface area contributed by atoms with Crippen molar-refractivity contribution in [2.45, 2.75) is 32.4 Å². The minimum atomic E-state index is 0.287. The first-order chi connectivity index (χ1) is 10.2. The summed E-state index contributed by atoms with van der Waals surface area (Å²) in [5.41, 5.74) is 2.63. The van der Waals surface area contributed by atoms with Crippen LogP contribution in [0, 0.1) is 0 Å². The van der Waals surface area contributed by atoms with Crippen LogP contribution in [0.2, 0.25) is 0 Å². The average molecular weight is 303 g/mol. The molecular formula is C17H21NO2S. The molecule has 21 heavy (non-hydrogen) atoms. The predicted molar refractivity (Wildman–Crippen MR) is 86.5 cm³/mol. The second-order valence-corrected chi connectivity index (χ2v) is 6.31. The standard InChI is InChI=1S/C17H21NO2S/c1-12(9-14-5-8-21-11-14)18-13(2)15-3-4-16-17(10-15)20-7-6-19-16/h3-5,8,10-13,18H,6-7,9H2,1-2H3. The molecule has 0 saturated heterocycles. The first-order valence-electron chi connectivity index (χ1n) is 7.39. The molecule has 2 aromatic rings. The van der Waals surface area contributed by atoms with E-state index < -0.39 is 0 Å². The van der Waals surface area contributed by atoms with Gasteiger partial charge in [-0.05, 0) is 60.4 Å². The van der Waals surface area contributed by atoms with E-state index in [2.05, 4.69) is 48.1 Å². The molecule has 2 heterocycles. The van der Waals surface area contributed by atoms with E-state index in [-0.39, 0.29) is 6.04 Å². The summed E-state index contributed by atoms with van der Waals surface area (Å²) in [4.78, 5) is 0. The van der Waals surface area contributed by atoms with Crippen LogP contribution in [0.25, 0.3) is 0 Å². The SMILES string of the molecule is CC(Cc1ccsc1)NC(C)c1ccc2c(c1)OCCO2. The lowest BCUT2D eigenvalue weighted by Gasteiger charge is -2.23. The second-order valence-electron chi connectivity index (χ2n) is 5.53. The highest BCUT2D eigenvalue weighted by molar-refractivity contribution is 7.07. The second kappa shape index (κ2) is 6.50. The third-order valence-electron chi connectivity index (χ3n) is 3.72. The Bertz CT molecular complexity index is 582. The molecule has 0 amide bonds. The van der Waals surface area contributed by atoms with E-state index in [4.69, 9.17) is 9.47 Å². The zero-order chi connectivity index (χ0) is 14.7. The Balaban J connectivity index is 1.63. The Hall–Kier alpha value is -1.52. The summed E-state index contributed by atoms with van der Waals surface area (Å²) in [5, 5.41) is 8.00. The summed E-state index contributed by atoms with van der Waals surface area (Å²) in [6.07, 6.45) is 1.05. The smallest absolute Gasteiger partial charge is 0.161 e. The molecule has 2 unspecified atom stereocenters. The summed E-state index contributed by atoms with van der Waals surface area (Å²) in [6, 6.07) is 9.12. The minimum absolute atomic E-state index is 0.287. The first kappa shape index (κ1) is 14.4. The van der Waals surface area contributed by atoms with Crippen molar-refractivity contribution in [2.24, 2.45) is 0 Å². The lowest BCUT2D eigenvalue weighted by molar-refractivity contribution is 0.171. The molecule has 0 bridgehead atoms. The maximum Gasteiger partial charge on any atom is 0.161 e. The first-order valence-corrected chi connectivity index (χ1v) is 8.33. The highest BCUT2D eigenvalue weighted by Gasteiger charge is 2.15. The van der Waals surface area contributed by atoms with Crippen LogP contribution >= 0.6 is 11.3 Å². The van der Waals surface area contributed by atoms with E-state index in [9.17, 15) is 0 Å². The van der Waals surface area contributed by atoms with Crippen LogP contribution in [0.1, 0.15) is 31.0 Å². The number of benzene rings is 1. The highest BCUT2D eigenvalue weighted by Crippen LogP contribution is 2.32. The third kappa shape index (κ3) is 3.57. The molecule has 2 atom stereocenters. The van der Waals surface area contributed by atoms with Crippen molar-refractivity contribution in [1.82, 2.24) is 5.32 Å². The largest absolute Gasteiger partial charge is 0.486 e. The predicted octanol–water partition coefficient (Wildman–Crippen LogP) is 3.80. The summed E-state index contributed by atoms with van der Waals surface area (Å²) < 4.78 is 11.2. The Kier molecular flexibility index (Phi) is 4.46. The fraction of sp³-hybridized carbons (Fsp3) is 0.412. The molecule has 1 aromatic carbocycles. The number of hydrogen-bond donors (Lipinski definition) is 1. The van der Waals surface area contributed by atoms with Crippen molar-refractivity contribution in [3.05, 3.63) is 46.2 Å². The van der Waals surface area contributed by atoms with E-state index in [1.807, 2.05) is 6.07 Å². The molecule has 1 aliphatic heterocycles. The molecule has 1 aliphatic rings. The molecule has 1 N–H and O–H groups in total. The average Bonchev–Trinajstić information content (AvgIpc) is 2.99. The van der Waals surface area contributed by atoms with Gasteiger partial charge in [0.2, 0.25) is 0 Å². The van der Waals surface area contributed by atoms with Gasteiger partial charge in [-0.15, -0.1) is 0 Å². The van der Waals surface area contributed by atoms with Gasteiger partial charge in [-0.25, -0.2) is 0 Å². The van der Waals surface area contributed by atoms with Crippen LogP contribution in [0.15, 0.2) is 35.0 Å².